The topological polar surface area (TPSA) is 26.0 Å². The van der Waals surface area contributed by atoms with Crippen LogP contribution in [0.4, 0.5) is 13.2 Å². The third-order valence-corrected chi connectivity index (χ3v) is 2.84. The van der Waals surface area contributed by atoms with Gasteiger partial charge in [-0.15, -0.1) is 0 Å². The molecule has 0 bridgehead atoms. The van der Waals surface area contributed by atoms with E-state index in [2.05, 4.69) is 9.68 Å². The molecule has 0 amide bonds. The summed E-state index contributed by atoms with van der Waals surface area (Å²) in [5, 5.41) is 3.03. The molecule has 6 heteroatoms. The predicted molar refractivity (Wildman–Crippen MR) is 52.8 cm³/mol. The van der Waals surface area contributed by atoms with Crippen LogP contribution < -0.4 is 0 Å². The van der Waals surface area contributed by atoms with Crippen molar-refractivity contribution < 1.29 is 17.7 Å². The molecule has 1 aromatic rings. The second kappa shape index (κ2) is 4.50. The van der Waals surface area contributed by atoms with Crippen LogP contribution in [0.15, 0.2) is 4.52 Å². The molecule has 1 rings (SSSR count). The first-order chi connectivity index (χ1) is 6.46. The Morgan fingerprint density at radius 2 is 2.07 bits per heavy atom. The van der Waals surface area contributed by atoms with Crippen LogP contribution in [0.25, 0.3) is 0 Å². The van der Waals surface area contributed by atoms with Crippen LogP contribution in [-0.4, -0.2) is 5.16 Å². The van der Waals surface area contributed by atoms with Crippen molar-refractivity contribution in [1.29, 1.82) is 0 Å². The second-order valence-electron chi connectivity index (χ2n) is 2.87. The maximum atomic E-state index is 12.3. The lowest BCUT2D eigenvalue weighted by Gasteiger charge is -2.00. The molecule has 0 fully saturated rings. The first-order valence-electron chi connectivity index (χ1n) is 4.18. The second-order valence-corrected chi connectivity index (χ2v) is 3.95. The molecular weight excluding hydrogens is 310 g/mol. The third kappa shape index (κ3) is 2.61. The molecule has 0 radical (unpaired) electrons. The molecule has 0 aliphatic rings. The highest BCUT2D eigenvalue weighted by Crippen LogP contribution is 2.33. The quantitative estimate of drug-likeness (QED) is 0.795. The first-order valence-corrected chi connectivity index (χ1v) is 5.26. The molecule has 0 aliphatic carbocycles. The van der Waals surface area contributed by atoms with Gasteiger partial charge in [0, 0.05) is 6.42 Å². The molecule has 0 spiro atoms. The molecule has 0 unspecified atom stereocenters. The Balaban J connectivity index is 2.86. The highest BCUT2D eigenvalue weighted by molar-refractivity contribution is 14.1. The van der Waals surface area contributed by atoms with E-state index in [4.69, 9.17) is 0 Å². The van der Waals surface area contributed by atoms with E-state index < -0.39 is 11.9 Å². The van der Waals surface area contributed by atoms with Gasteiger partial charge in [0.05, 0.1) is 3.57 Å². The van der Waals surface area contributed by atoms with Gasteiger partial charge in [0.25, 0.3) is 0 Å². The summed E-state index contributed by atoms with van der Waals surface area (Å²) in [7, 11) is 0. The van der Waals surface area contributed by atoms with Gasteiger partial charge in [-0.05, 0) is 29.0 Å². The van der Waals surface area contributed by atoms with E-state index in [1.165, 1.54) is 0 Å². The summed E-state index contributed by atoms with van der Waals surface area (Å²) in [6.45, 7) is 1.97. The minimum absolute atomic E-state index is 0.0866. The van der Waals surface area contributed by atoms with E-state index >= 15 is 0 Å². The van der Waals surface area contributed by atoms with Crippen molar-refractivity contribution in [3.8, 4) is 0 Å². The molecular formula is C8H9F3INO. The molecule has 2 nitrogen and oxygen atoms in total. The van der Waals surface area contributed by atoms with Gasteiger partial charge in [-0.25, -0.2) is 0 Å². The zero-order chi connectivity index (χ0) is 10.8. The molecule has 0 N–H and O–H groups in total. The zero-order valence-electron chi connectivity index (χ0n) is 7.49. The number of hydrogen-bond donors (Lipinski definition) is 0. The fourth-order valence-electron chi connectivity index (χ4n) is 0.982. The van der Waals surface area contributed by atoms with Gasteiger partial charge < -0.3 is 4.52 Å². The van der Waals surface area contributed by atoms with E-state index in [0.717, 1.165) is 12.8 Å². The standard InChI is InChI=1S/C8H9F3INO/c1-2-3-4-5-6(12)7(13-14-5)8(9,10)11/h2-4H2,1H3. The summed E-state index contributed by atoms with van der Waals surface area (Å²) in [6.07, 6.45) is -2.18. The van der Waals surface area contributed by atoms with Crippen molar-refractivity contribution in [3.05, 3.63) is 15.0 Å². The van der Waals surface area contributed by atoms with E-state index in [-0.39, 0.29) is 3.57 Å². The monoisotopic (exact) mass is 319 g/mol. The average Bonchev–Trinajstić information content (AvgIpc) is 2.42. The third-order valence-electron chi connectivity index (χ3n) is 1.73. The van der Waals surface area contributed by atoms with Crippen molar-refractivity contribution in [2.75, 3.05) is 0 Å². The molecule has 1 heterocycles. The summed E-state index contributed by atoms with van der Waals surface area (Å²) >= 11 is 1.62. The average molecular weight is 319 g/mol. The van der Waals surface area contributed by atoms with Crippen LogP contribution in [0, 0.1) is 3.57 Å². The van der Waals surface area contributed by atoms with Crippen LogP contribution in [0.3, 0.4) is 0 Å². The molecule has 0 aliphatic heterocycles. The Morgan fingerprint density at radius 3 is 2.50 bits per heavy atom. The van der Waals surface area contributed by atoms with Gasteiger partial charge in [0.2, 0.25) is 5.69 Å². The van der Waals surface area contributed by atoms with E-state index in [9.17, 15) is 13.2 Å². The SMILES string of the molecule is CCCCc1onc(C(F)(F)F)c1I. The number of aromatic nitrogens is 1. The number of rotatable bonds is 3. The molecule has 0 aromatic carbocycles. The summed E-state index contributed by atoms with van der Waals surface area (Å²) < 4.78 is 41.5. The van der Waals surface area contributed by atoms with E-state index in [1.54, 1.807) is 22.6 Å². The summed E-state index contributed by atoms with van der Waals surface area (Å²) in [4.78, 5) is 0. The lowest BCUT2D eigenvalue weighted by Crippen LogP contribution is -2.07. The maximum absolute atomic E-state index is 12.3. The van der Waals surface area contributed by atoms with Gasteiger partial charge in [-0.2, -0.15) is 13.2 Å². The first kappa shape index (κ1) is 11.8. The lowest BCUT2D eigenvalue weighted by molar-refractivity contribution is -0.143. The Bertz CT molecular complexity index is 308. The lowest BCUT2D eigenvalue weighted by atomic mass is 10.2. The molecule has 0 atom stereocenters. The van der Waals surface area contributed by atoms with Crippen LogP contribution >= 0.6 is 22.6 Å². The van der Waals surface area contributed by atoms with Gasteiger partial charge in [0.1, 0.15) is 0 Å². The largest absolute Gasteiger partial charge is 0.437 e. The van der Waals surface area contributed by atoms with Crippen LogP contribution in [-0.2, 0) is 12.6 Å². The van der Waals surface area contributed by atoms with Crippen molar-refractivity contribution in [3.63, 3.8) is 0 Å². The summed E-state index contributed by atoms with van der Waals surface area (Å²) in [6, 6.07) is 0. The number of alkyl halides is 3. The molecule has 14 heavy (non-hydrogen) atoms. The number of nitrogens with zero attached hydrogens (tertiary/aromatic N) is 1. The fourth-order valence-corrected chi connectivity index (χ4v) is 1.75. The van der Waals surface area contributed by atoms with Gasteiger partial charge >= 0.3 is 6.18 Å². The fraction of sp³-hybridized carbons (Fsp3) is 0.625. The van der Waals surface area contributed by atoms with Crippen LogP contribution in [0.5, 0.6) is 0 Å². The van der Waals surface area contributed by atoms with Crippen LogP contribution in [0.2, 0.25) is 0 Å². The smallest absolute Gasteiger partial charge is 0.360 e. The Hall–Kier alpha value is -0.270. The normalized spacial score (nSPS) is 12.1. The van der Waals surface area contributed by atoms with Gasteiger partial charge in [-0.3, -0.25) is 0 Å². The Kier molecular flexibility index (Phi) is 3.79. The van der Waals surface area contributed by atoms with Gasteiger partial charge in [-0.1, -0.05) is 18.5 Å². The highest BCUT2D eigenvalue weighted by Gasteiger charge is 2.38. The molecule has 0 saturated heterocycles. The number of halogens is 4. The number of unbranched alkanes of at least 4 members (excludes halogenated alkanes) is 1. The summed E-state index contributed by atoms with van der Waals surface area (Å²) in [5.74, 6) is 0.333. The van der Waals surface area contributed by atoms with E-state index in [0.29, 0.717) is 12.2 Å². The minimum atomic E-state index is -4.41. The van der Waals surface area contributed by atoms with Crippen molar-refractivity contribution in [2.24, 2.45) is 0 Å². The van der Waals surface area contributed by atoms with Gasteiger partial charge in [0.15, 0.2) is 5.76 Å². The summed E-state index contributed by atoms with van der Waals surface area (Å²) in [5.41, 5.74) is -0.913. The van der Waals surface area contributed by atoms with Crippen molar-refractivity contribution in [2.45, 2.75) is 32.4 Å². The van der Waals surface area contributed by atoms with Crippen molar-refractivity contribution >= 4 is 22.6 Å². The Labute approximate surface area is 93.0 Å². The highest BCUT2D eigenvalue weighted by atomic mass is 127. The Morgan fingerprint density at radius 1 is 1.43 bits per heavy atom. The zero-order valence-corrected chi connectivity index (χ0v) is 9.65. The van der Waals surface area contributed by atoms with E-state index in [1.807, 2.05) is 6.92 Å². The number of aryl methyl sites for hydroxylation is 1. The maximum Gasteiger partial charge on any atom is 0.437 e. The minimum Gasteiger partial charge on any atom is -0.360 e. The molecule has 1 aromatic heterocycles. The predicted octanol–water partition coefficient (Wildman–Crippen LogP) is 3.64. The molecule has 80 valence electrons. The van der Waals surface area contributed by atoms with Crippen molar-refractivity contribution in [1.82, 2.24) is 5.16 Å². The van der Waals surface area contributed by atoms with Crippen LogP contribution in [0.1, 0.15) is 31.2 Å². The molecule has 0 saturated carbocycles. The number of hydrogen-bond acceptors (Lipinski definition) is 2.